The highest BCUT2D eigenvalue weighted by Gasteiger charge is 2.59. The van der Waals surface area contributed by atoms with E-state index in [1.807, 2.05) is 0 Å². The molecule has 7 heterocycles. The summed E-state index contributed by atoms with van der Waals surface area (Å²) in [5.74, 6) is -2.53. The third-order valence-corrected chi connectivity index (χ3v) is 15.7. The molecule has 3 amide bonds. The molecular formula is C48H81N3O35. The van der Waals surface area contributed by atoms with E-state index in [4.69, 9.17) is 61.6 Å². The van der Waals surface area contributed by atoms with Crippen LogP contribution in [0.15, 0.2) is 0 Å². The minimum atomic E-state index is -2.26. The smallest absolute Gasteiger partial charge is 0.217 e. The molecule has 0 aliphatic carbocycles. The predicted octanol–water partition coefficient (Wildman–Crippen LogP) is -14.8. The Morgan fingerprint density at radius 2 is 0.605 bits per heavy atom. The lowest BCUT2D eigenvalue weighted by Gasteiger charge is -2.51. The van der Waals surface area contributed by atoms with Crippen molar-refractivity contribution in [2.75, 3.05) is 39.6 Å². The zero-order chi connectivity index (χ0) is 63.5. The maximum Gasteiger partial charge on any atom is 0.217 e. The summed E-state index contributed by atoms with van der Waals surface area (Å²) in [6, 6.07) is -5.29. The van der Waals surface area contributed by atoms with E-state index < -0.39 is 272 Å². The summed E-state index contributed by atoms with van der Waals surface area (Å²) in [5, 5.41) is 214. The van der Waals surface area contributed by atoms with Crippen LogP contribution in [0.4, 0.5) is 0 Å². The zero-order valence-corrected chi connectivity index (χ0v) is 46.5. The molecule has 0 saturated carbocycles. The minimum Gasteiger partial charge on any atom is -0.394 e. The molecule has 35 atom stereocenters. The highest BCUT2D eigenvalue weighted by molar-refractivity contribution is 5.74. The van der Waals surface area contributed by atoms with Gasteiger partial charge in [-0.25, -0.2) is 0 Å². The first-order valence-corrected chi connectivity index (χ1v) is 27.5. The molecule has 498 valence electrons. The average molecular weight is 1260 g/mol. The van der Waals surface area contributed by atoms with Gasteiger partial charge in [0.25, 0.3) is 0 Å². The van der Waals surface area contributed by atoms with E-state index in [2.05, 4.69) is 16.0 Å². The summed E-state index contributed by atoms with van der Waals surface area (Å²) >= 11 is 0. The molecule has 0 spiro atoms. The first-order chi connectivity index (χ1) is 40.6. The molecule has 86 heavy (non-hydrogen) atoms. The average Bonchev–Trinajstić information content (AvgIpc) is 0.893. The summed E-state index contributed by atoms with van der Waals surface area (Å²) in [6.45, 7) is -1.77. The van der Waals surface area contributed by atoms with Crippen molar-refractivity contribution in [1.29, 1.82) is 0 Å². The number of hydrogen-bond donors (Lipinski definition) is 22. The van der Waals surface area contributed by atoms with Crippen molar-refractivity contribution < 1.29 is 173 Å². The van der Waals surface area contributed by atoms with Gasteiger partial charge in [-0.05, 0) is 6.92 Å². The van der Waals surface area contributed by atoms with Crippen LogP contribution in [0.25, 0.3) is 0 Å². The summed E-state index contributed by atoms with van der Waals surface area (Å²) < 4.78 is 75.6. The van der Waals surface area contributed by atoms with E-state index in [1.54, 1.807) is 0 Å². The molecule has 0 aromatic rings. The lowest BCUT2D eigenvalue weighted by atomic mass is 9.93. The van der Waals surface area contributed by atoms with E-state index in [1.165, 1.54) is 6.92 Å². The molecule has 7 fully saturated rings. The Morgan fingerprint density at radius 1 is 0.302 bits per heavy atom. The molecule has 38 nitrogen and oxygen atoms in total. The molecule has 7 aliphatic heterocycles. The topological polar surface area (TPSA) is 592 Å². The SMILES string of the molecule is CC(=O)N[C@@H]1[C@@H](O[C@@H]2O[C@@H](C)[C@@H](O)[C@@H](O)[C@@H]2O)[C@H](O[C@@H]2O[C@H](CO)[C@H](O)[C@H](O[C@@H]3O[C@H](CO)[C@@H](O[C@@H]4O[C@H](CO)[C@H](O)[C@H](O[C@@H]5O[C@H](CO)[C@@H](O[C@@H]6O[C@H](CO)[C@H](O)[C@H](O)[C@H]6O)[C@H](O)[C@H]5NC(C)=O)[C@H]4O)[C@H](O)[C@H]3NC(C)=O)[C@H]2O)[C@@H](CO)O[C@H]1O. The van der Waals surface area contributed by atoms with Crippen LogP contribution in [0.3, 0.4) is 0 Å². The zero-order valence-electron chi connectivity index (χ0n) is 46.5. The van der Waals surface area contributed by atoms with Crippen LogP contribution >= 0.6 is 0 Å². The number of carbonyl (C=O) groups is 3. The molecule has 38 heteroatoms. The van der Waals surface area contributed by atoms with Crippen molar-refractivity contribution >= 4 is 17.7 Å². The van der Waals surface area contributed by atoms with Crippen LogP contribution in [0, 0.1) is 0 Å². The van der Waals surface area contributed by atoms with Gasteiger partial charge in [-0.15, -0.1) is 0 Å². The van der Waals surface area contributed by atoms with Gasteiger partial charge in [0.1, 0.15) is 165 Å². The fourth-order valence-corrected chi connectivity index (χ4v) is 11.1. The van der Waals surface area contributed by atoms with Crippen LogP contribution < -0.4 is 16.0 Å². The molecule has 0 bridgehead atoms. The third kappa shape index (κ3) is 15.2. The Balaban J connectivity index is 1.11. The predicted molar refractivity (Wildman–Crippen MR) is 265 cm³/mol. The molecule has 0 radical (unpaired) electrons. The quantitative estimate of drug-likeness (QED) is 0.0507. The number of aliphatic hydroxyl groups is 19. The second kappa shape index (κ2) is 30.5. The van der Waals surface area contributed by atoms with Gasteiger partial charge in [-0.1, -0.05) is 0 Å². The maximum atomic E-state index is 12.8. The first-order valence-electron chi connectivity index (χ1n) is 27.5. The van der Waals surface area contributed by atoms with Gasteiger partial charge < -0.3 is 175 Å². The molecule has 22 N–H and O–H groups in total. The second-order valence-electron chi connectivity index (χ2n) is 21.8. The van der Waals surface area contributed by atoms with E-state index in [0.29, 0.717) is 0 Å². The number of amides is 3. The number of aliphatic hydroxyl groups excluding tert-OH is 19. The molecular weight excluding hydrogens is 1180 g/mol. The third-order valence-electron chi connectivity index (χ3n) is 15.7. The lowest BCUT2D eigenvalue weighted by molar-refractivity contribution is -0.389. The molecule has 0 aromatic carbocycles. The van der Waals surface area contributed by atoms with Crippen LogP contribution in [-0.2, 0) is 76.0 Å². The van der Waals surface area contributed by atoms with E-state index in [0.717, 1.165) is 20.8 Å². The second-order valence-corrected chi connectivity index (χ2v) is 21.8. The summed E-state index contributed by atoms with van der Waals surface area (Å²) in [7, 11) is 0. The van der Waals surface area contributed by atoms with Gasteiger partial charge in [0.2, 0.25) is 17.7 Å². The van der Waals surface area contributed by atoms with Gasteiger partial charge in [-0.3, -0.25) is 14.4 Å². The van der Waals surface area contributed by atoms with Crippen molar-refractivity contribution in [2.45, 2.75) is 242 Å². The lowest BCUT2D eigenvalue weighted by Crippen LogP contribution is -2.71. The Morgan fingerprint density at radius 3 is 1.00 bits per heavy atom. The number of nitrogens with one attached hydrogen (secondary N) is 3. The van der Waals surface area contributed by atoms with Crippen LogP contribution in [0.2, 0.25) is 0 Å². The van der Waals surface area contributed by atoms with Crippen molar-refractivity contribution in [1.82, 2.24) is 16.0 Å². The van der Waals surface area contributed by atoms with Crippen LogP contribution in [0.1, 0.15) is 27.7 Å². The summed E-state index contributed by atoms with van der Waals surface area (Å²) in [5.41, 5.74) is 0. The van der Waals surface area contributed by atoms with E-state index in [-0.39, 0.29) is 0 Å². The Bertz CT molecular complexity index is 2170. The Kier molecular flexibility index (Phi) is 25.0. The largest absolute Gasteiger partial charge is 0.394 e. The van der Waals surface area contributed by atoms with E-state index >= 15 is 0 Å². The van der Waals surface area contributed by atoms with Gasteiger partial charge in [0.05, 0.1) is 45.7 Å². The number of ether oxygens (including phenoxy) is 13. The molecule has 7 saturated heterocycles. The standard InChI is InChI=1S/C48H81N3O35/c1-11-24(61)30(67)32(69)45(74-11)84-39-23(51-14(4)60)42(73)75-20(10-57)38(39)83-48-35(72)41(27(64)17(7-54)78-48)86-44-22(50-13(3)59)29(66)37(19(9-56)80-44)82-47-34(71)40(26(63)16(6-53)77-47)85-43-21(49-12(2)58)28(65)36(18(8-55)79-43)81-46-33(70)31(68)25(62)15(5-52)76-46/h11,15-48,52-57,61-73H,5-10H2,1-4H3,(H,49,58)(H,50,59)(H,51,60)/t11-,15+,16+,17+,18+,19+,20+,21+,22+,23+,24+,25-,26-,27-,28+,29+,30+,31-,32-,33+,34+,35+,36+,37+,38+,39+,40-,41-,42+,43-,44-,45-,46-,47-,48-/m0/s1. The van der Waals surface area contributed by atoms with Gasteiger partial charge in [-0.2, -0.15) is 0 Å². The monoisotopic (exact) mass is 1260 g/mol. The van der Waals surface area contributed by atoms with Gasteiger partial charge in [0.15, 0.2) is 44.0 Å². The fraction of sp³-hybridized carbons (Fsp3) is 0.938. The molecule has 0 unspecified atom stereocenters. The minimum absolute atomic E-state index is 0.789. The number of carbonyl (C=O) groups excluding carboxylic acids is 3. The summed E-state index contributed by atoms with van der Waals surface area (Å²) in [6.07, 6.45) is -60.8. The molecule has 7 aliphatic rings. The van der Waals surface area contributed by atoms with Gasteiger partial charge in [0, 0.05) is 20.8 Å². The first kappa shape index (κ1) is 70.6. The maximum absolute atomic E-state index is 12.8. The van der Waals surface area contributed by atoms with Gasteiger partial charge >= 0.3 is 0 Å². The Labute approximate surface area is 488 Å². The highest BCUT2D eigenvalue weighted by Crippen LogP contribution is 2.38. The van der Waals surface area contributed by atoms with Crippen molar-refractivity contribution in [3.63, 3.8) is 0 Å². The normalized spacial score (nSPS) is 49.4. The Hall–Kier alpha value is -2.87. The van der Waals surface area contributed by atoms with Crippen molar-refractivity contribution in [2.24, 2.45) is 0 Å². The van der Waals surface area contributed by atoms with Crippen molar-refractivity contribution in [3.8, 4) is 0 Å². The fourth-order valence-electron chi connectivity index (χ4n) is 11.1. The summed E-state index contributed by atoms with van der Waals surface area (Å²) in [4.78, 5) is 37.8. The number of hydrogen-bond acceptors (Lipinski definition) is 35. The molecule has 0 aromatic heterocycles. The highest BCUT2D eigenvalue weighted by atomic mass is 16.8. The van der Waals surface area contributed by atoms with Crippen LogP contribution in [0.5, 0.6) is 0 Å². The van der Waals surface area contributed by atoms with Crippen molar-refractivity contribution in [3.05, 3.63) is 0 Å². The van der Waals surface area contributed by atoms with Crippen LogP contribution in [-0.4, -0.2) is 369 Å². The van der Waals surface area contributed by atoms with E-state index in [9.17, 15) is 111 Å². The molecule has 7 rings (SSSR count). The number of rotatable bonds is 21.